The molecule has 19 heteroatoms. The van der Waals surface area contributed by atoms with Gasteiger partial charge in [0.1, 0.15) is 12.4 Å². The van der Waals surface area contributed by atoms with Gasteiger partial charge in [-0.25, -0.2) is 23.9 Å². The lowest BCUT2D eigenvalue weighted by Gasteiger charge is -2.33. The molecule has 0 saturated carbocycles. The van der Waals surface area contributed by atoms with E-state index in [1.807, 2.05) is 48.2 Å². The average molecular weight is 919 g/mol. The van der Waals surface area contributed by atoms with E-state index < -0.39 is 24.1 Å². The number of aromatic nitrogens is 4. The number of amides is 1. The van der Waals surface area contributed by atoms with Crippen LogP contribution in [0.5, 0.6) is 0 Å². The number of piperazine rings is 1. The first kappa shape index (κ1) is 49.3. The van der Waals surface area contributed by atoms with Gasteiger partial charge in [-0.3, -0.25) is 9.59 Å². The monoisotopic (exact) mass is 918 g/mol. The quantitative estimate of drug-likeness (QED) is 0.0725. The van der Waals surface area contributed by atoms with Crippen LogP contribution >= 0.6 is 23.4 Å². The number of anilines is 1. The molecule has 16 nitrogen and oxygen atoms in total. The van der Waals surface area contributed by atoms with E-state index in [4.69, 9.17) is 32.0 Å². The van der Waals surface area contributed by atoms with Crippen LogP contribution in [0.15, 0.2) is 101 Å². The summed E-state index contributed by atoms with van der Waals surface area (Å²) in [6.07, 6.45) is 1.72. The van der Waals surface area contributed by atoms with Crippen LogP contribution in [0.2, 0.25) is 5.02 Å². The number of aliphatic hydroxyl groups excluding tert-OH is 2. The highest BCUT2D eigenvalue weighted by molar-refractivity contribution is 7.98. The summed E-state index contributed by atoms with van der Waals surface area (Å²) in [5.41, 5.74) is 4.86. The van der Waals surface area contributed by atoms with Gasteiger partial charge in [-0.1, -0.05) is 71.9 Å². The summed E-state index contributed by atoms with van der Waals surface area (Å²) in [5, 5.41) is 33.6. The number of hydrogen-bond donors (Lipinski definition) is 4. The van der Waals surface area contributed by atoms with Gasteiger partial charge in [0.05, 0.1) is 0 Å². The third-order valence-electron chi connectivity index (χ3n) is 10.3. The lowest BCUT2D eigenvalue weighted by atomic mass is 10.0. The van der Waals surface area contributed by atoms with Gasteiger partial charge in [0.2, 0.25) is 11.9 Å². The maximum absolute atomic E-state index is 14.4. The number of likely N-dealkylation sites (N-methyl/N-ethyl adjacent to an activating group) is 1. The Morgan fingerprint density at radius 2 is 1.39 bits per heavy atom. The van der Waals surface area contributed by atoms with Crippen molar-refractivity contribution in [2.24, 2.45) is 0 Å². The standard InChI is InChI=1S/C41H46ClFN8O2S.C4H6O6/c1-47(2)40-44-24-32(25-45-40)23-35-27-51(41(46-39(35)53)54-29-31-7-15-37(43)16-8-31)28-38(52)50(18-4-17-49-21-19-48(3)20-22-49)26-30-5-9-33(10-6-30)34-11-13-36(42)14-12-34;5-1(3(7)8)2(6)4(9)10/h5-16,24-25,27H,4,17-23,26,28-29H2,1-3H3;1-2,5-6H,(H,7,8)(H,9,10). The molecule has 5 aromatic rings. The Morgan fingerprint density at radius 3 is 1.95 bits per heavy atom. The summed E-state index contributed by atoms with van der Waals surface area (Å²) in [5.74, 6) is -2.91. The van der Waals surface area contributed by atoms with Gasteiger partial charge in [-0.15, -0.1) is 0 Å². The number of carbonyl (C=O) groups is 3. The molecule has 6 rings (SSSR count). The number of halogens is 2. The van der Waals surface area contributed by atoms with E-state index in [-0.39, 0.29) is 30.2 Å². The van der Waals surface area contributed by atoms with Crippen molar-refractivity contribution < 1.29 is 39.2 Å². The number of hydrogen-bond acceptors (Lipinski definition) is 13. The van der Waals surface area contributed by atoms with Crippen LogP contribution in [-0.2, 0) is 39.6 Å². The van der Waals surface area contributed by atoms with Gasteiger partial charge in [-0.05, 0) is 72.1 Å². The van der Waals surface area contributed by atoms with E-state index in [1.165, 1.54) is 23.9 Å². The van der Waals surface area contributed by atoms with Gasteiger partial charge in [0, 0.05) is 94.7 Å². The largest absolute Gasteiger partial charge is 0.479 e. The van der Waals surface area contributed by atoms with Crippen LogP contribution in [0, 0.1) is 5.82 Å². The predicted octanol–water partition coefficient (Wildman–Crippen LogP) is 3.99. The van der Waals surface area contributed by atoms with Gasteiger partial charge >= 0.3 is 11.9 Å². The minimum absolute atomic E-state index is 0.000530. The molecule has 3 aromatic carbocycles. The van der Waals surface area contributed by atoms with Crippen LogP contribution in [0.4, 0.5) is 10.3 Å². The lowest BCUT2D eigenvalue weighted by Crippen LogP contribution is -2.45. The van der Waals surface area contributed by atoms with Crippen LogP contribution < -0.4 is 10.5 Å². The van der Waals surface area contributed by atoms with Gasteiger partial charge in [-0.2, -0.15) is 4.98 Å². The van der Waals surface area contributed by atoms with Crippen LogP contribution in [0.3, 0.4) is 0 Å². The minimum atomic E-state index is -2.27. The molecule has 4 N–H and O–H groups in total. The summed E-state index contributed by atoms with van der Waals surface area (Å²) < 4.78 is 15.4. The molecule has 3 heterocycles. The molecule has 0 spiro atoms. The average Bonchev–Trinajstić information content (AvgIpc) is 3.28. The molecule has 340 valence electrons. The van der Waals surface area contributed by atoms with Gasteiger partial charge in [0.15, 0.2) is 17.4 Å². The SMILES string of the molecule is CN1CCN(CCCN(Cc2ccc(-c3ccc(Cl)cc3)cc2)C(=O)Cn2cc(Cc3cnc(N(C)C)nc3)c(=O)nc2SCc2ccc(F)cc2)CC1.O=C(O)C(O)C(O)C(=O)O. The Kier molecular flexibility index (Phi) is 18.3. The second kappa shape index (κ2) is 23.8. The zero-order valence-electron chi connectivity index (χ0n) is 35.8. The van der Waals surface area contributed by atoms with Gasteiger partial charge in [0.25, 0.3) is 5.56 Å². The smallest absolute Gasteiger partial charge is 0.335 e. The predicted molar refractivity (Wildman–Crippen MR) is 242 cm³/mol. The summed E-state index contributed by atoms with van der Waals surface area (Å²) >= 11 is 7.46. The molecule has 1 saturated heterocycles. The van der Waals surface area contributed by atoms with E-state index >= 15 is 0 Å². The van der Waals surface area contributed by atoms with E-state index in [1.54, 1.807) is 35.3 Å². The number of aliphatic hydroxyl groups is 2. The fourth-order valence-electron chi connectivity index (χ4n) is 6.52. The maximum Gasteiger partial charge on any atom is 0.335 e. The fourth-order valence-corrected chi connectivity index (χ4v) is 7.56. The zero-order chi connectivity index (χ0) is 46.3. The van der Waals surface area contributed by atoms with Crippen molar-refractivity contribution in [3.05, 3.63) is 135 Å². The third-order valence-corrected chi connectivity index (χ3v) is 11.6. The molecule has 2 unspecified atom stereocenters. The van der Waals surface area contributed by atoms with Crippen molar-refractivity contribution in [2.75, 3.05) is 65.3 Å². The summed E-state index contributed by atoms with van der Waals surface area (Å²) in [7, 11) is 5.88. The molecule has 1 aliphatic rings. The highest BCUT2D eigenvalue weighted by Gasteiger charge is 2.29. The molecule has 2 atom stereocenters. The fraction of sp³-hybridized carbons (Fsp3) is 0.356. The van der Waals surface area contributed by atoms with E-state index in [9.17, 15) is 23.6 Å². The van der Waals surface area contributed by atoms with Crippen LogP contribution in [0.25, 0.3) is 11.1 Å². The van der Waals surface area contributed by atoms with Crippen LogP contribution in [-0.4, -0.2) is 145 Å². The Hall–Kier alpha value is -5.76. The number of nitrogens with zero attached hydrogens (tertiary/aromatic N) is 8. The second-order valence-corrected chi connectivity index (χ2v) is 16.8. The first-order valence-corrected chi connectivity index (χ1v) is 21.7. The van der Waals surface area contributed by atoms with Crippen LogP contribution in [0.1, 0.15) is 28.7 Å². The summed E-state index contributed by atoms with van der Waals surface area (Å²) in [4.78, 5) is 69.1. The summed E-state index contributed by atoms with van der Waals surface area (Å²) in [6, 6.07) is 22.3. The number of carbonyl (C=O) groups excluding carboxylic acids is 1. The Bertz CT molecular complexity index is 2350. The first-order chi connectivity index (χ1) is 30.6. The Labute approximate surface area is 379 Å². The second-order valence-electron chi connectivity index (χ2n) is 15.4. The number of carboxylic acid groups (broad SMARTS) is 2. The van der Waals surface area contributed by atoms with Gasteiger partial charge < -0.3 is 44.6 Å². The van der Waals surface area contributed by atoms with E-state index in [2.05, 4.69) is 56.1 Å². The molecule has 0 aliphatic carbocycles. The number of rotatable bonds is 18. The third kappa shape index (κ3) is 14.9. The highest BCUT2D eigenvalue weighted by Crippen LogP contribution is 2.24. The van der Waals surface area contributed by atoms with E-state index in [0.717, 1.165) is 67.0 Å². The molecule has 2 aromatic heterocycles. The molecule has 1 amide bonds. The summed E-state index contributed by atoms with van der Waals surface area (Å²) in [6.45, 7) is 6.03. The van der Waals surface area contributed by atoms with Crippen molar-refractivity contribution in [1.82, 2.24) is 34.2 Å². The number of carboxylic acids is 2. The number of benzene rings is 3. The maximum atomic E-state index is 14.4. The zero-order valence-corrected chi connectivity index (χ0v) is 37.3. The van der Waals surface area contributed by atoms with Crippen molar-refractivity contribution in [3.8, 4) is 11.1 Å². The number of thioether (sulfide) groups is 1. The molecule has 0 radical (unpaired) electrons. The number of aliphatic carboxylic acids is 2. The molecule has 0 bridgehead atoms. The van der Waals surface area contributed by atoms with Crippen molar-refractivity contribution in [2.45, 2.75) is 49.0 Å². The molecule has 64 heavy (non-hydrogen) atoms. The normalized spacial score (nSPS) is 13.9. The molecular weight excluding hydrogens is 867 g/mol. The first-order valence-electron chi connectivity index (χ1n) is 20.4. The molecular formula is C45H52ClFN8O8S. The van der Waals surface area contributed by atoms with E-state index in [0.29, 0.717) is 40.5 Å². The molecule has 1 aliphatic heterocycles. The molecule has 1 fully saturated rings. The Balaban J connectivity index is 0.000000688. The minimum Gasteiger partial charge on any atom is -0.479 e. The Morgan fingerprint density at radius 1 is 0.828 bits per heavy atom. The topological polar surface area (TPSA) is 206 Å². The van der Waals surface area contributed by atoms with Crippen molar-refractivity contribution >= 4 is 47.2 Å². The van der Waals surface area contributed by atoms with Crippen molar-refractivity contribution in [3.63, 3.8) is 0 Å². The lowest BCUT2D eigenvalue weighted by molar-refractivity contribution is -0.165. The highest BCUT2D eigenvalue weighted by atomic mass is 35.5. The van der Waals surface area contributed by atoms with Crippen molar-refractivity contribution in [1.29, 1.82) is 0 Å².